The molecule has 238 valence electrons. The van der Waals surface area contributed by atoms with Crippen molar-refractivity contribution in [3.8, 4) is 55.9 Å². The first-order chi connectivity index (χ1) is 25.3. The van der Waals surface area contributed by atoms with Crippen LogP contribution in [0.25, 0.3) is 93.9 Å². The molecule has 3 nitrogen and oxygen atoms in total. The molecule has 51 heavy (non-hydrogen) atoms. The fraction of sp³-hybridized carbons (Fsp3) is 0. The van der Waals surface area contributed by atoms with Crippen molar-refractivity contribution in [2.75, 3.05) is 0 Å². The molecule has 0 atom stereocenters. The molecular weight excluding hydrogens is 619 g/mol. The minimum absolute atomic E-state index is 0.698. The molecule has 0 saturated heterocycles. The van der Waals surface area contributed by atoms with E-state index in [9.17, 15) is 0 Å². The van der Waals surface area contributed by atoms with E-state index in [1.165, 1.54) is 43.4 Å². The zero-order chi connectivity index (χ0) is 33.7. The zero-order valence-electron chi connectivity index (χ0n) is 27.7. The largest absolute Gasteiger partial charge is 0.219 e. The maximum absolute atomic E-state index is 5.12. The summed E-state index contributed by atoms with van der Waals surface area (Å²) in [5.41, 5.74) is 10.9. The molecule has 2 aromatic heterocycles. The SMILES string of the molecule is c1ccc(-c2cc(-c3ccccc3)c3nc(-c4cccc(-c5cccc(-c6ccc7c8ccccc8c8ccccc8c7c6)c5)c4)nn3c2)cc1. The monoisotopic (exact) mass is 649 g/mol. The minimum Gasteiger partial charge on any atom is -0.219 e. The summed E-state index contributed by atoms with van der Waals surface area (Å²) in [4.78, 5) is 5.12. The Bertz CT molecular complexity index is 2870. The Morgan fingerprint density at radius 3 is 1.41 bits per heavy atom. The van der Waals surface area contributed by atoms with E-state index in [1.54, 1.807) is 0 Å². The first-order valence-corrected chi connectivity index (χ1v) is 17.3. The molecule has 0 bridgehead atoms. The maximum atomic E-state index is 5.12. The highest BCUT2D eigenvalue weighted by atomic mass is 15.3. The Kier molecular flexibility index (Phi) is 6.81. The van der Waals surface area contributed by atoms with Gasteiger partial charge in [-0.05, 0) is 90.0 Å². The van der Waals surface area contributed by atoms with Crippen LogP contribution in [0.1, 0.15) is 0 Å². The van der Waals surface area contributed by atoms with E-state index in [0.29, 0.717) is 5.82 Å². The van der Waals surface area contributed by atoms with Crippen molar-refractivity contribution in [3.05, 3.63) is 188 Å². The standard InChI is InChI=1S/C48H31N3/c1-3-13-32(14-4-1)39-30-45(33-15-5-2-6-16-33)48-49-47(50-51(48)31-39)38-20-12-19-36(28-38)34-17-11-18-35(27-34)37-25-26-44-42-23-8-7-21-40(42)41-22-9-10-24-43(41)46(44)29-37/h1-31H. The summed E-state index contributed by atoms with van der Waals surface area (Å²) in [6.07, 6.45) is 2.08. The number of rotatable bonds is 5. The molecular formula is C48H31N3. The fourth-order valence-electron chi connectivity index (χ4n) is 7.53. The van der Waals surface area contributed by atoms with E-state index < -0.39 is 0 Å². The molecule has 8 aromatic carbocycles. The van der Waals surface area contributed by atoms with Gasteiger partial charge in [0.2, 0.25) is 0 Å². The molecule has 0 unspecified atom stereocenters. The Hall–Kier alpha value is -6.84. The highest BCUT2D eigenvalue weighted by Gasteiger charge is 2.15. The Balaban J connectivity index is 1.06. The predicted octanol–water partition coefficient (Wildman–Crippen LogP) is 12.5. The lowest BCUT2D eigenvalue weighted by molar-refractivity contribution is 0.968. The van der Waals surface area contributed by atoms with Crippen LogP contribution in [0.3, 0.4) is 0 Å². The molecule has 2 heterocycles. The molecule has 0 saturated carbocycles. The first kappa shape index (κ1) is 29.1. The van der Waals surface area contributed by atoms with Gasteiger partial charge in [-0.15, -0.1) is 5.10 Å². The quantitative estimate of drug-likeness (QED) is 0.174. The molecule has 3 heteroatoms. The number of nitrogens with zero attached hydrogens (tertiary/aromatic N) is 3. The third-order valence-corrected chi connectivity index (χ3v) is 10.0. The van der Waals surface area contributed by atoms with Gasteiger partial charge < -0.3 is 0 Å². The van der Waals surface area contributed by atoms with Gasteiger partial charge in [0.05, 0.1) is 0 Å². The fourth-order valence-corrected chi connectivity index (χ4v) is 7.53. The van der Waals surface area contributed by atoms with Gasteiger partial charge in [-0.1, -0.05) is 158 Å². The second-order valence-corrected chi connectivity index (χ2v) is 13.1. The van der Waals surface area contributed by atoms with Crippen LogP contribution in [-0.2, 0) is 0 Å². The molecule has 10 aromatic rings. The van der Waals surface area contributed by atoms with Crippen LogP contribution >= 0.6 is 0 Å². The number of fused-ring (bicyclic) bond motifs is 7. The lowest BCUT2D eigenvalue weighted by Gasteiger charge is -2.12. The maximum Gasteiger partial charge on any atom is 0.182 e. The van der Waals surface area contributed by atoms with Crippen molar-refractivity contribution in [1.82, 2.24) is 14.6 Å². The van der Waals surface area contributed by atoms with Crippen LogP contribution in [0, 0.1) is 0 Å². The molecule has 0 N–H and O–H groups in total. The highest BCUT2D eigenvalue weighted by molar-refractivity contribution is 6.25. The average molecular weight is 650 g/mol. The van der Waals surface area contributed by atoms with Crippen molar-refractivity contribution in [2.24, 2.45) is 0 Å². The van der Waals surface area contributed by atoms with Gasteiger partial charge in [0, 0.05) is 22.9 Å². The second kappa shape index (κ2) is 11.9. The summed E-state index contributed by atoms with van der Waals surface area (Å²) in [6, 6.07) is 64.9. The molecule has 10 rings (SSSR count). The van der Waals surface area contributed by atoms with Crippen LogP contribution in [0.2, 0.25) is 0 Å². The lowest BCUT2D eigenvalue weighted by atomic mass is 9.91. The van der Waals surface area contributed by atoms with Crippen LogP contribution in [0.5, 0.6) is 0 Å². The number of aromatic nitrogens is 3. The van der Waals surface area contributed by atoms with E-state index in [2.05, 4.69) is 176 Å². The van der Waals surface area contributed by atoms with Crippen molar-refractivity contribution in [2.45, 2.75) is 0 Å². The van der Waals surface area contributed by atoms with Crippen molar-refractivity contribution in [3.63, 3.8) is 0 Å². The summed E-state index contributed by atoms with van der Waals surface area (Å²) in [6.45, 7) is 0. The van der Waals surface area contributed by atoms with Gasteiger partial charge in [-0.2, -0.15) is 0 Å². The topological polar surface area (TPSA) is 30.2 Å². The molecule has 0 fully saturated rings. The Labute approximate surface area is 295 Å². The van der Waals surface area contributed by atoms with Crippen LogP contribution < -0.4 is 0 Å². The smallest absolute Gasteiger partial charge is 0.182 e. The third kappa shape index (κ3) is 5.06. The summed E-state index contributed by atoms with van der Waals surface area (Å²) in [5, 5.41) is 12.7. The summed E-state index contributed by atoms with van der Waals surface area (Å²) < 4.78 is 1.93. The molecule has 0 amide bonds. The normalized spacial score (nSPS) is 11.5. The average Bonchev–Trinajstić information content (AvgIpc) is 3.66. The number of benzene rings is 8. The molecule has 0 aliphatic carbocycles. The number of hydrogen-bond donors (Lipinski definition) is 0. The first-order valence-electron chi connectivity index (χ1n) is 17.3. The lowest BCUT2D eigenvalue weighted by Crippen LogP contribution is -1.93. The predicted molar refractivity (Wildman–Crippen MR) is 213 cm³/mol. The summed E-state index contributed by atoms with van der Waals surface area (Å²) in [5.74, 6) is 0.698. The number of hydrogen-bond acceptors (Lipinski definition) is 2. The second-order valence-electron chi connectivity index (χ2n) is 13.1. The molecule has 0 aliphatic rings. The van der Waals surface area contributed by atoms with Gasteiger partial charge in [0.1, 0.15) is 0 Å². The van der Waals surface area contributed by atoms with E-state index >= 15 is 0 Å². The Morgan fingerprint density at radius 2 is 0.784 bits per heavy atom. The minimum atomic E-state index is 0.698. The number of pyridine rings is 1. The summed E-state index contributed by atoms with van der Waals surface area (Å²) in [7, 11) is 0. The van der Waals surface area contributed by atoms with Crippen LogP contribution in [0.4, 0.5) is 0 Å². The van der Waals surface area contributed by atoms with E-state index in [4.69, 9.17) is 10.1 Å². The molecule has 0 aliphatic heterocycles. The molecule has 0 spiro atoms. The zero-order valence-corrected chi connectivity index (χ0v) is 27.7. The van der Waals surface area contributed by atoms with Crippen LogP contribution in [-0.4, -0.2) is 14.6 Å². The van der Waals surface area contributed by atoms with Gasteiger partial charge in [-0.3, -0.25) is 0 Å². The van der Waals surface area contributed by atoms with Crippen molar-refractivity contribution >= 4 is 38.0 Å². The van der Waals surface area contributed by atoms with Crippen molar-refractivity contribution in [1.29, 1.82) is 0 Å². The Morgan fingerprint density at radius 1 is 0.314 bits per heavy atom. The van der Waals surface area contributed by atoms with Gasteiger partial charge in [0.25, 0.3) is 0 Å². The van der Waals surface area contributed by atoms with Gasteiger partial charge >= 0.3 is 0 Å². The third-order valence-electron chi connectivity index (χ3n) is 10.0. The van der Waals surface area contributed by atoms with E-state index in [1.807, 2.05) is 16.6 Å². The highest BCUT2D eigenvalue weighted by Crippen LogP contribution is 2.38. The van der Waals surface area contributed by atoms with E-state index in [0.717, 1.165) is 44.6 Å². The van der Waals surface area contributed by atoms with Gasteiger partial charge in [-0.25, -0.2) is 9.50 Å². The summed E-state index contributed by atoms with van der Waals surface area (Å²) >= 11 is 0. The van der Waals surface area contributed by atoms with Crippen molar-refractivity contribution < 1.29 is 0 Å². The van der Waals surface area contributed by atoms with Gasteiger partial charge in [0.15, 0.2) is 11.5 Å². The molecule has 0 radical (unpaired) electrons. The van der Waals surface area contributed by atoms with E-state index in [-0.39, 0.29) is 0 Å². The van der Waals surface area contributed by atoms with Crippen LogP contribution in [0.15, 0.2) is 188 Å².